The summed E-state index contributed by atoms with van der Waals surface area (Å²) in [6.45, 7) is 4.13. The SMILES string of the molecule is CCOC(=O)Cc1csc(NC(=O)CCSc2cc(C)c3cccc(OC)c3n2)n1. The monoisotopic (exact) mass is 445 g/mol. The largest absolute Gasteiger partial charge is 0.494 e. The van der Waals surface area contributed by atoms with E-state index in [0.29, 0.717) is 29.6 Å². The number of carbonyl (C=O) groups is 2. The van der Waals surface area contributed by atoms with E-state index >= 15 is 0 Å². The molecule has 2 heterocycles. The number of benzene rings is 1. The van der Waals surface area contributed by atoms with Crippen LogP contribution in [0.15, 0.2) is 34.7 Å². The summed E-state index contributed by atoms with van der Waals surface area (Å²) in [6.07, 6.45) is 0.425. The molecule has 0 aliphatic carbocycles. The van der Waals surface area contributed by atoms with Gasteiger partial charge in [-0.15, -0.1) is 23.1 Å². The number of fused-ring (bicyclic) bond motifs is 1. The number of thioether (sulfide) groups is 1. The molecular weight excluding hydrogens is 422 g/mol. The zero-order chi connectivity index (χ0) is 21.5. The molecule has 9 heteroatoms. The van der Waals surface area contributed by atoms with Gasteiger partial charge in [0.2, 0.25) is 5.91 Å². The summed E-state index contributed by atoms with van der Waals surface area (Å²) in [5, 5.41) is 6.91. The molecule has 1 N–H and O–H groups in total. The Kier molecular flexibility index (Phi) is 7.64. The smallest absolute Gasteiger partial charge is 0.311 e. The van der Waals surface area contributed by atoms with Gasteiger partial charge in [0.1, 0.15) is 11.3 Å². The van der Waals surface area contributed by atoms with Crippen LogP contribution in [0.4, 0.5) is 5.13 Å². The number of amides is 1. The van der Waals surface area contributed by atoms with Crippen LogP contribution in [-0.2, 0) is 20.7 Å². The van der Waals surface area contributed by atoms with E-state index in [0.717, 1.165) is 27.2 Å². The Bertz CT molecular complexity index is 1050. The van der Waals surface area contributed by atoms with Crippen molar-refractivity contribution in [2.75, 3.05) is 24.8 Å². The second-order valence-corrected chi connectivity index (χ2v) is 8.38. The third-order valence-corrected chi connectivity index (χ3v) is 5.93. The highest BCUT2D eigenvalue weighted by atomic mass is 32.2. The minimum atomic E-state index is -0.327. The highest BCUT2D eigenvalue weighted by molar-refractivity contribution is 7.99. The second kappa shape index (κ2) is 10.4. The standard InChI is InChI=1S/C21H23N3O4S2/c1-4-28-19(26)11-14-12-30-21(22-14)23-17(25)8-9-29-18-10-13(2)15-6-5-7-16(27-3)20(15)24-18/h5-7,10,12H,4,8-9,11H2,1-3H3,(H,22,23,25). The fourth-order valence-corrected chi connectivity index (χ4v) is 4.47. The average Bonchev–Trinajstić information content (AvgIpc) is 3.14. The van der Waals surface area contributed by atoms with Crippen molar-refractivity contribution in [1.82, 2.24) is 9.97 Å². The number of thiazole rings is 1. The lowest BCUT2D eigenvalue weighted by Crippen LogP contribution is -2.12. The lowest BCUT2D eigenvalue weighted by Gasteiger charge is -2.09. The van der Waals surface area contributed by atoms with Gasteiger partial charge < -0.3 is 14.8 Å². The van der Waals surface area contributed by atoms with E-state index in [1.54, 1.807) is 19.4 Å². The number of pyridine rings is 1. The molecule has 158 valence electrons. The minimum absolute atomic E-state index is 0.104. The first-order valence-electron chi connectivity index (χ1n) is 9.47. The van der Waals surface area contributed by atoms with Crippen molar-refractivity contribution in [3.05, 3.63) is 40.9 Å². The number of methoxy groups -OCH3 is 1. The molecule has 3 aromatic rings. The van der Waals surface area contributed by atoms with Crippen LogP contribution in [0.1, 0.15) is 24.6 Å². The maximum atomic E-state index is 12.2. The summed E-state index contributed by atoms with van der Waals surface area (Å²) in [5.41, 5.74) is 2.53. The third-order valence-electron chi connectivity index (χ3n) is 4.21. The average molecular weight is 446 g/mol. The number of carbonyl (C=O) groups excluding carboxylic acids is 2. The number of aryl methyl sites for hydroxylation is 1. The number of anilines is 1. The van der Waals surface area contributed by atoms with Crippen LogP contribution in [-0.4, -0.2) is 41.3 Å². The number of nitrogens with zero attached hydrogens (tertiary/aromatic N) is 2. The number of hydrogen-bond acceptors (Lipinski definition) is 8. The van der Waals surface area contributed by atoms with Crippen LogP contribution in [0.5, 0.6) is 5.75 Å². The molecule has 0 aliphatic heterocycles. The van der Waals surface area contributed by atoms with Crippen LogP contribution >= 0.6 is 23.1 Å². The number of nitrogens with one attached hydrogen (secondary N) is 1. The van der Waals surface area contributed by atoms with Gasteiger partial charge in [-0.05, 0) is 31.5 Å². The molecule has 0 spiro atoms. The topological polar surface area (TPSA) is 90.4 Å². The van der Waals surface area contributed by atoms with E-state index in [-0.39, 0.29) is 18.3 Å². The molecule has 0 unspecified atom stereocenters. The van der Waals surface area contributed by atoms with Crippen molar-refractivity contribution in [2.24, 2.45) is 0 Å². The quantitative estimate of drug-likeness (QED) is 0.389. The molecule has 0 bridgehead atoms. The van der Waals surface area contributed by atoms with Crippen molar-refractivity contribution >= 4 is 51.0 Å². The molecule has 0 aliphatic rings. The number of rotatable bonds is 9. The number of ether oxygens (including phenoxy) is 2. The van der Waals surface area contributed by atoms with Gasteiger partial charge in [-0.25, -0.2) is 9.97 Å². The van der Waals surface area contributed by atoms with Gasteiger partial charge in [0, 0.05) is 22.9 Å². The van der Waals surface area contributed by atoms with Crippen molar-refractivity contribution in [2.45, 2.75) is 31.7 Å². The fraction of sp³-hybridized carbons (Fsp3) is 0.333. The maximum Gasteiger partial charge on any atom is 0.311 e. The van der Waals surface area contributed by atoms with Crippen LogP contribution in [0, 0.1) is 6.92 Å². The van der Waals surface area contributed by atoms with Crippen LogP contribution < -0.4 is 10.1 Å². The summed E-state index contributed by atoms with van der Waals surface area (Å²) in [6, 6.07) is 7.88. The molecule has 1 aromatic carbocycles. The van der Waals surface area contributed by atoms with E-state index in [9.17, 15) is 9.59 Å². The Morgan fingerprint density at radius 3 is 2.87 bits per heavy atom. The van der Waals surface area contributed by atoms with Gasteiger partial charge in [0.25, 0.3) is 0 Å². The molecule has 2 aromatic heterocycles. The van der Waals surface area contributed by atoms with Crippen LogP contribution in [0.25, 0.3) is 10.9 Å². The van der Waals surface area contributed by atoms with Gasteiger partial charge in [-0.2, -0.15) is 0 Å². The van der Waals surface area contributed by atoms with Gasteiger partial charge in [0.15, 0.2) is 5.13 Å². The lowest BCUT2D eigenvalue weighted by molar-refractivity contribution is -0.142. The molecule has 0 atom stereocenters. The van der Waals surface area contributed by atoms with E-state index in [1.165, 1.54) is 23.1 Å². The molecule has 1 amide bonds. The summed E-state index contributed by atoms with van der Waals surface area (Å²) >= 11 is 2.81. The summed E-state index contributed by atoms with van der Waals surface area (Å²) in [4.78, 5) is 32.7. The van der Waals surface area contributed by atoms with Gasteiger partial charge in [0.05, 0.1) is 30.9 Å². The Morgan fingerprint density at radius 1 is 1.27 bits per heavy atom. The molecule has 3 rings (SSSR count). The lowest BCUT2D eigenvalue weighted by atomic mass is 10.1. The van der Waals surface area contributed by atoms with Crippen molar-refractivity contribution in [1.29, 1.82) is 0 Å². The highest BCUT2D eigenvalue weighted by Gasteiger charge is 2.12. The number of esters is 1. The van der Waals surface area contributed by atoms with Crippen LogP contribution in [0.3, 0.4) is 0 Å². The minimum Gasteiger partial charge on any atom is -0.494 e. The fourth-order valence-electron chi connectivity index (χ4n) is 2.84. The number of hydrogen-bond donors (Lipinski definition) is 1. The van der Waals surface area contributed by atoms with Gasteiger partial charge >= 0.3 is 5.97 Å². The second-order valence-electron chi connectivity index (χ2n) is 6.41. The Labute approximate surface area is 183 Å². The molecule has 0 fully saturated rings. The summed E-state index contributed by atoms with van der Waals surface area (Å²) in [5.74, 6) is 0.861. The highest BCUT2D eigenvalue weighted by Crippen LogP contribution is 2.29. The first-order chi connectivity index (χ1) is 14.5. The van der Waals surface area contributed by atoms with E-state index in [1.807, 2.05) is 31.2 Å². The molecule has 7 nitrogen and oxygen atoms in total. The summed E-state index contributed by atoms with van der Waals surface area (Å²) in [7, 11) is 1.63. The summed E-state index contributed by atoms with van der Waals surface area (Å²) < 4.78 is 10.3. The van der Waals surface area contributed by atoms with Crippen molar-refractivity contribution in [3.63, 3.8) is 0 Å². The normalized spacial score (nSPS) is 10.8. The first kappa shape index (κ1) is 22.0. The predicted molar refractivity (Wildman–Crippen MR) is 119 cm³/mol. The van der Waals surface area contributed by atoms with Crippen molar-refractivity contribution < 1.29 is 19.1 Å². The molecule has 30 heavy (non-hydrogen) atoms. The van der Waals surface area contributed by atoms with Crippen LogP contribution in [0.2, 0.25) is 0 Å². The van der Waals surface area contributed by atoms with E-state index in [2.05, 4.69) is 15.3 Å². The number of para-hydroxylation sites is 1. The zero-order valence-corrected chi connectivity index (χ0v) is 18.7. The first-order valence-corrected chi connectivity index (χ1v) is 11.3. The number of aromatic nitrogens is 2. The molecule has 0 saturated heterocycles. The maximum absolute atomic E-state index is 12.2. The molecule has 0 radical (unpaired) electrons. The van der Waals surface area contributed by atoms with Crippen molar-refractivity contribution in [3.8, 4) is 5.75 Å². The predicted octanol–water partition coefficient (Wildman–Crippen LogP) is 4.23. The van der Waals surface area contributed by atoms with Gasteiger partial charge in [-0.3, -0.25) is 9.59 Å². The van der Waals surface area contributed by atoms with E-state index in [4.69, 9.17) is 9.47 Å². The Hall–Kier alpha value is -2.65. The Balaban J connectivity index is 1.53. The molecular formula is C21H23N3O4S2. The molecule has 0 saturated carbocycles. The zero-order valence-electron chi connectivity index (χ0n) is 17.1. The third kappa shape index (κ3) is 5.70. The van der Waals surface area contributed by atoms with Gasteiger partial charge in [-0.1, -0.05) is 12.1 Å². The Morgan fingerprint density at radius 2 is 2.10 bits per heavy atom. The van der Waals surface area contributed by atoms with E-state index < -0.39 is 0 Å².